The Morgan fingerprint density at radius 1 is 1.26 bits per heavy atom. The maximum Gasteiger partial charge on any atom is 0.243 e. The molecule has 1 rings (SSSR count). The third kappa shape index (κ3) is 4.43. The molecule has 19 heavy (non-hydrogen) atoms. The smallest absolute Gasteiger partial charge is 0.243 e. The molecule has 0 radical (unpaired) electrons. The van der Waals surface area contributed by atoms with Crippen LogP contribution >= 0.6 is 0 Å². The maximum absolute atomic E-state index is 13.5. The Bertz CT molecular complexity index is 566. The van der Waals surface area contributed by atoms with Crippen LogP contribution in [0, 0.1) is 17.0 Å². The van der Waals surface area contributed by atoms with Crippen molar-refractivity contribution >= 4 is 15.7 Å². The maximum atomic E-state index is 13.5. The standard InChI is InChI=1S/C12H18F2N2O2S/c1-12(2,3)4-5-16-19(17,18)10-7-8(15)6-9(13)11(10)14/h6-7,16H,4-5,15H2,1-3H3. The lowest BCUT2D eigenvalue weighted by Gasteiger charge is -2.18. The van der Waals surface area contributed by atoms with Crippen molar-refractivity contribution in [2.45, 2.75) is 32.1 Å². The summed E-state index contributed by atoms with van der Waals surface area (Å²) in [5, 5.41) is 0. The van der Waals surface area contributed by atoms with Gasteiger partial charge in [-0.3, -0.25) is 0 Å². The van der Waals surface area contributed by atoms with Gasteiger partial charge in [0.2, 0.25) is 10.0 Å². The highest BCUT2D eigenvalue weighted by Gasteiger charge is 2.23. The molecule has 0 saturated heterocycles. The molecule has 0 atom stereocenters. The van der Waals surface area contributed by atoms with E-state index in [1.165, 1.54) is 0 Å². The van der Waals surface area contributed by atoms with Crippen LogP contribution < -0.4 is 10.5 Å². The molecule has 0 amide bonds. The zero-order valence-corrected chi connectivity index (χ0v) is 11.9. The van der Waals surface area contributed by atoms with Gasteiger partial charge in [0.1, 0.15) is 4.90 Å². The SMILES string of the molecule is CC(C)(C)CCNS(=O)(=O)c1cc(N)cc(F)c1F. The van der Waals surface area contributed by atoms with Crippen molar-refractivity contribution in [1.29, 1.82) is 0 Å². The summed E-state index contributed by atoms with van der Waals surface area (Å²) in [4.78, 5) is -0.765. The van der Waals surface area contributed by atoms with E-state index in [2.05, 4.69) is 4.72 Å². The van der Waals surface area contributed by atoms with E-state index in [9.17, 15) is 17.2 Å². The number of nitrogens with two attached hydrogens (primary N) is 1. The largest absolute Gasteiger partial charge is 0.399 e. The van der Waals surface area contributed by atoms with Gasteiger partial charge in [-0.1, -0.05) is 20.8 Å². The van der Waals surface area contributed by atoms with E-state index in [1.54, 1.807) is 0 Å². The van der Waals surface area contributed by atoms with Crippen LogP contribution in [0.5, 0.6) is 0 Å². The summed E-state index contributed by atoms with van der Waals surface area (Å²) in [6, 6.07) is 1.64. The summed E-state index contributed by atoms with van der Waals surface area (Å²) in [5.41, 5.74) is 5.11. The van der Waals surface area contributed by atoms with Crippen molar-refractivity contribution in [3.8, 4) is 0 Å². The first kappa shape index (κ1) is 15.8. The van der Waals surface area contributed by atoms with Crippen LogP contribution in [0.3, 0.4) is 0 Å². The second-order valence-corrected chi connectivity index (χ2v) is 7.26. The molecule has 0 saturated carbocycles. The second-order valence-electron chi connectivity index (χ2n) is 5.52. The minimum atomic E-state index is -4.10. The van der Waals surface area contributed by atoms with Crippen molar-refractivity contribution in [1.82, 2.24) is 4.72 Å². The molecule has 0 spiro atoms. The average Bonchev–Trinajstić information content (AvgIpc) is 2.20. The average molecular weight is 292 g/mol. The Hall–Kier alpha value is -1.21. The van der Waals surface area contributed by atoms with Crippen molar-refractivity contribution in [3.05, 3.63) is 23.8 Å². The van der Waals surface area contributed by atoms with E-state index in [4.69, 9.17) is 5.73 Å². The van der Waals surface area contributed by atoms with Crippen LogP contribution in [0.2, 0.25) is 0 Å². The predicted octanol–water partition coefficient (Wildman–Crippen LogP) is 2.26. The molecule has 7 heteroatoms. The Balaban J connectivity index is 2.95. The molecule has 0 fully saturated rings. The molecule has 0 bridgehead atoms. The number of hydrogen-bond donors (Lipinski definition) is 2. The van der Waals surface area contributed by atoms with Gasteiger partial charge in [-0.25, -0.2) is 21.9 Å². The van der Waals surface area contributed by atoms with Gasteiger partial charge in [-0.2, -0.15) is 0 Å². The van der Waals surface area contributed by atoms with Gasteiger partial charge in [0.15, 0.2) is 11.6 Å². The third-order valence-electron chi connectivity index (χ3n) is 2.47. The Labute approximate surface area is 112 Å². The molecule has 3 N–H and O–H groups in total. The number of halogens is 2. The summed E-state index contributed by atoms with van der Waals surface area (Å²) in [5.74, 6) is -2.70. The number of nitrogens with one attached hydrogen (secondary N) is 1. The third-order valence-corrected chi connectivity index (χ3v) is 3.93. The summed E-state index contributed by atoms with van der Waals surface area (Å²) in [6.07, 6.45) is 0.568. The van der Waals surface area contributed by atoms with Crippen LogP contribution in [0.25, 0.3) is 0 Å². The molecule has 0 aliphatic heterocycles. The van der Waals surface area contributed by atoms with Gasteiger partial charge in [-0.15, -0.1) is 0 Å². The van der Waals surface area contributed by atoms with Crippen molar-refractivity contribution < 1.29 is 17.2 Å². The number of hydrogen-bond acceptors (Lipinski definition) is 3. The zero-order valence-electron chi connectivity index (χ0n) is 11.1. The quantitative estimate of drug-likeness (QED) is 0.836. The number of benzene rings is 1. The first-order valence-electron chi connectivity index (χ1n) is 5.77. The van der Waals surface area contributed by atoms with Crippen LogP contribution in [-0.4, -0.2) is 15.0 Å². The van der Waals surface area contributed by atoms with Crippen molar-refractivity contribution in [2.24, 2.45) is 5.41 Å². The van der Waals surface area contributed by atoms with E-state index < -0.39 is 26.6 Å². The predicted molar refractivity (Wildman–Crippen MR) is 70.0 cm³/mol. The molecular formula is C12H18F2N2O2S. The van der Waals surface area contributed by atoms with Crippen LogP contribution in [0.1, 0.15) is 27.2 Å². The first-order valence-corrected chi connectivity index (χ1v) is 7.25. The highest BCUT2D eigenvalue weighted by molar-refractivity contribution is 7.89. The molecule has 4 nitrogen and oxygen atoms in total. The fourth-order valence-electron chi connectivity index (χ4n) is 1.42. The van der Waals surface area contributed by atoms with Gasteiger partial charge < -0.3 is 5.73 Å². The van der Waals surface area contributed by atoms with E-state index in [0.29, 0.717) is 6.42 Å². The zero-order chi connectivity index (χ0) is 14.8. The fraction of sp³-hybridized carbons (Fsp3) is 0.500. The minimum Gasteiger partial charge on any atom is -0.399 e. The lowest BCUT2D eigenvalue weighted by Crippen LogP contribution is -2.28. The van der Waals surface area contributed by atoms with Crippen molar-refractivity contribution in [3.63, 3.8) is 0 Å². The molecule has 0 aliphatic rings. The van der Waals surface area contributed by atoms with E-state index >= 15 is 0 Å². The highest BCUT2D eigenvalue weighted by Crippen LogP contribution is 2.22. The molecule has 0 aromatic heterocycles. The van der Waals surface area contributed by atoms with E-state index in [0.717, 1.165) is 12.1 Å². The number of rotatable bonds is 4. The van der Waals surface area contributed by atoms with Crippen LogP contribution in [0.4, 0.5) is 14.5 Å². The Morgan fingerprint density at radius 3 is 2.37 bits per heavy atom. The molecule has 0 heterocycles. The molecule has 0 unspecified atom stereocenters. The van der Waals surface area contributed by atoms with Gasteiger partial charge in [0.25, 0.3) is 0 Å². The fourth-order valence-corrected chi connectivity index (χ4v) is 2.57. The van der Waals surface area contributed by atoms with E-state index in [-0.39, 0.29) is 17.6 Å². The van der Waals surface area contributed by atoms with Gasteiger partial charge in [0.05, 0.1) is 0 Å². The summed E-state index contributed by atoms with van der Waals surface area (Å²) in [6.45, 7) is 5.98. The summed E-state index contributed by atoms with van der Waals surface area (Å²) >= 11 is 0. The number of sulfonamides is 1. The van der Waals surface area contributed by atoms with Gasteiger partial charge >= 0.3 is 0 Å². The van der Waals surface area contributed by atoms with Crippen molar-refractivity contribution in [2.75, 3.05) is 12.3 Å². The molecule has 1 aromatic carbocycles. The molecule has 0 aliphatic carbocycles. The normalized spacial score (nSPS) is 12.7. The van der Waals surface area contributed by atoms with Gasteiger partial charge in [-0.05, 0) is 24.0 Å². The first-order chi connectivity index (χ1) is 8.53. The molecular weight excluding hydrogens is 274 g/mol. The monoisotopic (exact) mass is 292 g/mol. The number of anilines is 1. The lowest BCUT2D eigenvalue weighted by atomic mass is 9.93. The topological polar surface area (TPSA) is 72.2 Å². The summed E-state index contributed by atoms with van der Waals surface area (Å²) < 4.78 is 52.6. The Kier molecular flexibility index (Phi) is 4.52. The molecule has 1 aromatic rings. The van der Waals surface area contributed by atoms with Crippen LogP contribution in [0.15, 0.2) is 17.0 Å². The van der Waals surface area contributed by atoms with Crippen LogP contribution in [-0.2, 0) is 10.0 Å². The molecule has 108 valence electrons. The Morgan fingerprint density at radius 2 is 1.84 bits per heavy atom. The summed E-state index contributed by atoms with van der Waals surface area (Å²) in [7, 11) is -4.10. The number of nitrogen functional groups attached to an aromatic ring is 1. The minimum absolute atomic E-state index is 0.0674. The lowest BCUT2D eigenvalue weighted by molar-refractivity contribution is 0.378. The highest BCUT2D eigenvalue weighted by atomic mass is 32.2. The van der Waals surface area contributed by atoms with Gasteiger partial charge in [0, 0.05) is 12.2 Å². The second kappa shape index (κ2) is 5.42. The van der Waals surface area contributed by atoms with E-state index in [1.807, 2.05) is 20.8 Å².